The van der Waals surface area contributed by atoms with Crippen LogP contribution in [0.3, 0.4) is 0 Å². The number of aliphatic hydroxyl groups excluding tert-OH is 1. The van der Waals surface area contributed by atoms with Gasteiger partial charge in [0, 0.05) is 23.6 Å². The summed E-state index contributed by atoms with van der Waals surface area (Å²) >= 11 is 0. The Kier molecular flexibility index (Phi) is 4.62. The lowest BCUT2D eigenvalue weighted by Crippen LogP contribution is -2.26. The lowest BCUT2D eigenvalue weighted by atomic mass is 10.1. The lowest BCUT2D eigenvalue weighted by molar-refractivity contribution is -0.0978. The van der Waals surface area contributed by atoms with Crippen molar-refractivity contribution in [3.63, 3.8) is 0 Å². The van der Waals surface area contributed by atoms with Gasteiger partial charge in [0.05, 0.1) is 4.90 Å². The topological polar surface area (TPSA) is 63.6 Å². The van der Waals surface area contributed by atoms with Crippen LogP contribution in [-0.4, -0.2) is 25.0 Å². The summed E-state index contributed by atoms with van der Waals surface area (Å²) in [6.07, 6.45) is -4.15. The zero-order valence-electron chi connectivity index (χ0n) is 13.4. The third-order valence-corrected chi connectivity index (χ3v) is 5.62. The van der Waals surface area contributed by atoms with Gasteiger partial charge in [0.1, 0.15) is 17.6 Å². The molecule has 0 unspecified atom stereocenters. The van der Waals surface area contributed by atoms with E-state index in [-0.39, 0.29) is 5.75 Å². The Morgan fingerprint density at radius 2 is 1.71 bits per heavy atom. The molecule has 0 saturated carbocycles. The molecule has 0 fully saturated rings. The summed E-state index contributed by atoms with van der Waals surface area (Å²) in [5.74, 6) is -7.44. The number of alkyl halides is 5. The van der Waals surface area contributed by atoms with Gasteiger partial charge in [0.15, 0.2) is 11.6 Å². The van der Waals surface area contributed by atoms with Crippen LogP contribution in [0.5, 0.6) is 11.5 Å². The fourth-order valence-electron chi connectivity index (χ4n) is 2.77. The van der Waals surface area contributed by atoms with E-state index in [0.29, 0.717) is 24.3 Å². The number of halogens is 7. The zero-order valence-corrected chi connectivity index (χ0v) is 14.2. The molecule has 4 nitrogen and oxygen atoms in total. The van der Waals surface area contributed by atoms with E-state index in [1.165, 1.54) is 0 Å². The van der Waals surface area contributed by atoms with Crippen molar-refractivity contribution in [2.75, 3.05) is 0 Å². The number of benzene rings is 2. The lowest BCUT2D eigenvalue weighted by Gasteiger charge is -2.17. The van der Waals surface area contributed by atoms with E-state index in [1.807, 2.05) is 0 Å². The van der Waals surface area contributed by atoms with Crippen LogP contribution in [0.4, 0.5) is 30.7 Å². The maximum Gasteiger partial charge on any atom is 0.501 e. The van der Waals surface area contributed by atoms with Gasteiger partial charge in [-0.25, -0.2) is 26.0 Å². The van der Waals surface area contributed by atoms with Crippen molar-refractivity contribution in [1.82, 2.24) is 0 Å². The number of ether oxygens (including phenoxy) is 1. The van der Waals surface area contributed by atoms with Gasteiger partial charge >= 0.3 is 5.51 Å². The number of hydrogen-bond donors (Lipinski definition) is 1. The van der Waals surface area contributed by atoms with Crippen LogP contribution in [0, 0.1) is 11.6 Å². The van der Waals surface area contributed by atoms with Crippen LogP contribution >= 0.6 is 0 Å². The van der Waals surface area contributed by atoms with Gasteiger partial charge in [-0.3, -0.25) is 0 Å². The molecule has 0 saturated heterocycles. The molecule has 0 heterocycles. The second-order valence-electron chi connectivity index (χ2n) is 5.92. The highest BCUT2D eigenvalue weighted by atomic mass is 32.2. The number of aliphatic hydroxyl groups is 1. The number of sulfone groups is 1. The van der Waals surface area contributed by atoms with E-state index in [2.05, 4.69) is 0 Å². The van der Waals surface area contributed by atoms with E-state index in [9.17, 15) is 44.3 Å². The van der Waals surface area contributed by atoms with Crippen molar-refractivity contribution in [3.8, 4) is 11.5 Å². The second kappa shape index (κ2) is 6.34. The molecule has 0 bridgehead atoms. The van der Waals surface area contributed by atoms with E-state index in [0.717, 1.165) is 6.07 Å². The third-order valence-electron chi connectivity index (χ3n) is 4.07. The molecule has 0 spiro atoms. The summed E-state index contributed by atoms with van der Waals surface area (Å²) in [4.78, 5) is -1.53. The minimum Gasteiger partial charge on any atom is -0.457 e. The highest BCUT2D eigenvalue weighted by Crippen LogP contribution is 2.51. The van der Waals surface area contributed by atoms with E-state index >= 15 is 0 Å². The molecule has 1 aliphatic carbocycles. The van der Waals surface area contributed by atoms with Crippen LogP contribution in [-0.2, 0) is 16.3 Å². The van der Waals surface area contributed by atoms with Crippen LogP contribution in [0.2, 0.25) is 0 Å². The van der Waals surface area contributed by atoms with E-state index in [1.54, 1.807) is 0 Å². The van der Waals surface area contributed by atoms with Crippen molar-refractivity contribution >= 4 is 9.84 Å². The first-order valence-electron chi connectivity index (χ1n) is 7.41. The fraction of sp³-hybridized carbons (Fsp3) is 0.250. The molecule has 2 aromatic rings. The van der Waals surface area contributed by atoms with Gasteiger partial charge < -0.3 is 9.84 Å². The highest BCUT2D eigenvalue weighted by Gasteiger charge is 2.55. The molecular weight excluding hydrogens is 421 g/mol. The Bertz CT molecular complexity index is 1050. The van der Waals surface area contributed by atoms with Gasteiger partial charge in [0.25, 0.3) is 15.8 Å². The monoisotopic (exact) mass is 430 g/mol. The molecule has 3 rings (SSSR count). The van der Waals surface area contributed by atoms with Gasteiger partial charge in [-0.2, -0.15) is 13.2 Å². The van der Waals surface area contributed by atoms with Gasteiger partial charge in [-0.05, 0) is 24.3 Å². The molecule has 152 valence electrons. The molecule has 12 heteroatoms. The third kappa shape index (κ3) is 3.20. The van der Waals surface area contributed by atoms with Gasteiger partial charge in [0.2, 0.25) is 0 Å². The first-order chi connectivity index (χ1) is 12.8. The molecule has 1 aliphatic rings. The second-order valence-corrected chi connectivity index (χ2v) is 7.83. The Morgan fingerprint density at radius 3 is 2.29 bits per heavy atom. The summed E-state index contributed by atoms with van der Waals surface area (Å²) in [6.45, 7) is 0. The van der Waals surface area contributed by atoms with Crippen LogP contribution < -0.4 is 4.74 Å². The molecule has 0 radical (unpaired) electrons. The minimum absolute atomic E-state index is 0.363. The largest absolute Gasteiger partial charge is 0.501 e. The normalized spacial score (nSPS) is 18.8. The average Bonchev–Trinajstić information content (AvgIpc) is 2.81. The summed E-state index contributed by atoms with van der Waals surface area (Å²) in [5, 5.41) is 9.74. The average molecular weight is 430 g/mol. The highest BCUT2D eigenvalue weighted by molar-refractivity contribution is 7.92. The molecule has 0 aromatic heterocycles. The standard InChI is InChI=1S/C16H9F7O4S/c17-9-2-1-7(5-10(9)18)27-11-3-4-12(28(25,26)16(21,22)23)13-8(11)6-15(19,20)14(13)24/h1-5,14,24H,6H2/t14-/m0/s1. The summed E-state index contributed by atoms with van der Waals surface area (Å²) in [5.41, 5.74) is -7.63. The van der Waals surface area contributed by atoms with Crippen LogP contribution in [0.15, 0.2) is 35.2 Å². The van der Waals surface area contributed by atoms with Crippen molar-refractivity contribution in [3.05, 3.63) is 53.1 Å². The molecule has 0 aliphatic heterocycles. The van der Waals surface area contributed by atoms with Crippen molar-refractivity contribution in [2.24, 2.45) is 0 Å². The number of fused-ring (bicyclic) bond motifs is 1. The van der Waals surface area contributed by atoms with Crippen molar-refractivity contribution < 1.29 is 49.0 Å². The van der Waals surface area contributed by atoms with Gasteiger partial charge in [-0.1, -0.05) is 0 Å². The maximum atomic E-state index is 13.9. The van der Waals surface area contributed by atoms with Crippen LogP contribution in [0.1, 0.15) is 17.2 Å². The Hall–Kier alpha value is -2.34. The molecular formula is C16H9F7O4S. The molecule has 0 amide bonds. The van der Waals surface area contributed by atoms with Crippen molar-refractivity contribution in [2.45, 2.75) is 28.9 Å². The molecule has 2 aromatic carbocycles. The first kappa shape index (κ1) is 20.4. The molecule has 1 N–H and O–H groups in total. The number of hydrogen-bond acceptors (Lipinski definition) is 4. The molecule has 1 atom stereocenters. The Balaban J connectivity index is 2.17. The Morgan fingerprint density at radius 1 is 1.07 bits per heavy atom. The van der Waals surface area contributed by atoms with Gasteiger partial charge in [-0.15, -0.1) is 0 Å². The fourth-order valence-corrected chi connectivity index (χ4v) is 3.79. The predicted octanol–water partition coefficient (Wildman–Crippen LogP) is 4.28. The quantitative estimate of drug-likeness (QED) is 0.739. The predicted molar refractivity (Wildman–Crippen MR) is 79.7 cm³/mol. The number of rotatable bonds is 3. The van der Waals surface area contributed by atoms with Crippen LogP contribution in [0.25, 0.3) is 0 Å². The summed E-state index contributed by atoms with van der Waals surface area (Å²) < 4.78 is 121. The first-order valence-corrected chi connectivity index (χ1v) is 8.90. The van der Waals surface area contributed by atoms with E-state index < -0.39 is 67.2 Å². The van der Waals surface area contributed by atoms with Crippen molar-refractivity contribution in [1.29, 1.82) is 0 Å². The van der Waals surface area contributed by atoms with E-state index in [4.69, 9.17) is 4.74 Å². The summed E-state index contributed by atoms with van der Waals surface area (Å²) in [6, 6.07) is 3.19. The maximum absolute atomic E-state index is 13.9. The smallest absolute Gasteiger partial charge is 0.457 e. The Labute approximate surface area is 153 Å². The summed E-state index contributed by atoms with van der Waals surface area (Å²) in [7, 11) is -6.05. The zero-order chi connectivity index (χ0) is 21.1. The minimum atomic E-state index is -6.05. The SMILES string of the molecule is O=S(=O)(c1ccc(Oc2ccc(F)c(F)c2)c2c1[C@H](O)C(F)(F)C2)C(F)(F)F. The molecule has 28 heavy (non-hydrogen) atoms.